The van der Waals surface area contributed by atoms with E-state index in [2.05, 4.69) is 4.72 Å². The largest absolute Gasteiger partial charge is 0.478 e. The van der Waals surface area contributed by atoms with E-state index in [1.54, 1.807) is 11.4 Å². The van der Waals surface area contributed by atoms with Crippen molar-refractivity contribution in [1.82, 2.24) is 4.72 Å². The number of carbonyl (C=O) groups is 1. The fourth-order valence-electron chi connectivity index (χ4n) is 1.30. The van der Waals surface area contributed by atoms with Crippen molar-refractivity contribution in [2.45, 2.75) is 6.54 Å². The van der Waals surface area contributed by atoms with Gasteiger partial charge in [0.1, 0.15) is 0 Å². The first-order valence-electron chi connectivity index (χ1n) is 5.21. The summed E-state index contributed by atoms with van der Waals surface area (Å²) in [5.41, 5.74) is 0.569. The Hall–Kier alpha value is -1.23. The lowest BCUT2D eigenvalue weighted by molar-refractivity contribution is -0.131. The molecule has 0 aromatic carbocycles. The fourth-order valence-corrected chi connectivity index (χ4v) is 5.15. The summed E-state index contributed by atoms with van der Waals surface area (Å²) in [6.07, 6.45) is 3.12. The predicted molar refractivity (Wildman–Crippen MR) is 76.5 cm³/mol. The summed E-state index contributed by atoms with van der Waals surface area (Å²) in [6, 6.07) is 1.64. The lowest BCUT2D eigenvalue weighted by atomic mass is 10.2. The average molecular weight is 339 g/mol. The molecule has 20 heavy (non-hydrogen) atoms. The number of rotatable bonds is 7. The number of carboxylic acid groups (broad SMARTS) is 1. The molecule has 0 fully saturated rings. The SMILES string of the molecule is CS(=O)(=O)CS(=O)(=O)NCc1sccc1/C=C/C(=O)O. The number of thiophene rings is 1. The molecule has 112 valence electrons. The summed E-state index contributed by atoms with van der Waals surface area (Å²) in [6.45, 7) is -0.0885. The zero-order valence-electron chi connectivity index (χ0n) is 10.4. The van der Waals surface area contributed by atoms with Gasteiger partial charge >= 0.3 is 5.97 Å². The summed E-state index contributed by atoms with van der Waals surface area (Å²) in [5.74, 6) is -1.11. The third kappa shape index (κ3) is 6.28. The molecule has 2 N–H and O–H groups in total. The van der Waals surface area contributed by atoms with Crippen molar-refractivity contribution in [3.63, 3.8) is 0 Å². The van der Waals surface area contributed by atoms with Crippen LogP contribution in [0.3, 0.4) is 0 Å². The Bertz CT molecular complexity index is 714. The molecule has 0 aliphatic heterocycles. The molecule has 1 rings (SSSR count). The van der Waals surface area contributed by atoms with Gasteiger partial charge in [0.2, 0.25) is 10.0 Å². The Kier molecular flexibility index (Phi) is 5.45. The number of sulfonamides is 1. The van der Waals surface area contributed by atoms with Crippen LogP contribution in [-0.4, -0.2) is 39.3 Å². The van der Waals surface area contributed by atoms with Crippen molar-refractivity contribution in [2.24, 2.45) is 0 Å². The number of sulfone groups is 1. The Morgan fingerprint density at radius 3 is 2.60 bits per heavy atom. The minimum absolute atomic E-state index is 0.0885. The van der Waals surface area contributed by atoms with Crippen molar-refractivity contribution >= 4 is 43.2 Å². The molecule has 0 saturated carbocycles. The lowest BCUT2D eigenvalue weighted by Gasteiger charge is -2.05. The number of hydrogen-bond acceptors (Lipinski definition) is 6. The summed E-state index contributed by atoms with van der Waals surface area (Å²) in [4.78, 5) is 11.0. The summed E-state index contributed by atoms with van der Waals surface area (Å²) in [5, 5.41) is 9.23. The molecule has 0 aliphatic rings. The van der Waals surface area contributed by atoms with Crippen molar-refractivity contribution in [2.75, 3.05) is 11.3 Å². The van der Waals surface area contributed by atoms with E-state index in [4.69, 9.17) is 5.11 Å². The zero-order valence-corrected chi connectivity index (χ0v) is 12.9. The normalized spacial score (nSPS) is 12.8. The Labute approximate surface area is 120 Å². The highest BCUT2D eigenvalue weighted by Gasteiger charge is 2.18. The molecule has 0 atom stereocenters. The quantitative estimate of drug-likeness (QED) is 0.688. The van der Waals surface area contributed by atoms with Crippen LogP contribution >= 0.6 is 11.3 Å². The second kappa shape index (κ2) is 6.48. The third-order valence-electron chi connectivity index (χ3n) is 2.01. The van der Waals surface area contributed by atoms with Gasteiger partial charge in [0.05, 0.1) is 0 Å². The molecule has 0 amide bonds. The number of aliphatic carboxylic acids is 1. The zero-order chi connectivity index (χ0) is 15.4. The molecule has 0 bridgehead atoms. The Balaban J connectivity index is 2.76. The number of hydrogen-bond donors (Lipinski definition) is 2. The van der Waals surface area contributed by atoms with Crippen LogP contribution in [0.5, 0.6) is 0 Å². The second-order valence-electron chi connectivity index (χ2n) is 3.95. The van der Waals surface area contributed by atoms with Crippen LogP contribution in [0.1, 0.15) is 10.4 Å². The van der Waals surface area contributed by atoms with Crippen molar-refractivity contribution in [3.05, 3.63) is 28.0 Å². The fraction of sp³-hybridized carbons (Fsp3) is 0.300. The predicted octanol–water partition coefficient (Wildman–Crippen LogP) is 0.267. The number of nitrogens with one attached hydrogen (secondary N) is 1. The van der Waals surface area contributed by atoms with Crippen LogP contribution < -0.4 is 4.72 Å². The van der Waals surface area contributed by atoms with Gasteiger partial charge in [-0.15, -0.1) is 11.3 Å². The standard InChI is InChI=1S/C10H13NO6S3/c1-19(14,15)7-20(16,17)11-6-9-8(4-5-18-9)2-3-10(12)13/h2-5,11H,6-7H2,1H3,(H,12,13)/b3-2+. The number of carboxylic acids is 1. The summed E-state index contributed by atoms with van der Waals surface area (Å²) in [7, 11) is -7.58. The minimum atomic E-state index is -3.94. The molecule has 1 aromatic rings. The van der Waals surface area contributed by atoms with Crippen molar-refractivity contribution in [1.29, 1.82) is 0 Å². The first kappa shape index (κ1) is 16.8. The molecular weight excluding hydrogens is 326 g/mol. The first-order valence-corrected chi connectivity index (χ1v) is 9.81. The Morgan fingerprint density at radius 2 is 2.05 bits per heavy atom. The molecule has 0 spiro atoms. The molecular formula is C10H13NO6S3. The van der Waals surface area contributed by atoms with E-state index in [9.17, 15) is 21.6 Å². The van der Waals surface area contributed by atoms with E-state index in [0.29, 0.717) is 10.4 Å². The molecule has 0 aliphatic carbocycles. The summed E-state index contributed by atoms with van der Waals surface area (Å²) >= 11 is 1.24. The van der Waals surface area contributed by atoms with Crippen LogP contribution in [-0.2, 0) is 31.2 Å². The van der Waals surface area contributed by atoms with E-state index in [1.807, 2.05) is 0 Å². The van der Waals surface area contributed by atoms with Crippen LogP contribution in [0.2, 0.25) is 0 Å². The molecule has 1 heterocycles. The maximum atomic E-state index is 11.5. The van der Waals surface area contributed by atoms with E-state index >= 15 is 0 Å². The summed E-state index contributed by atoms with van der Waals surface area (Å²) < 4.78 is 47.1. The molecule has 1 aromatic heterocycles. The Morgan fingerprint density at radius 1 is 1.40 bits per heavy atom. The highest BCUT2D eigenvalue weighted by molar-refractivity contribution is 8.06. The topological polar surface area (TPSA) is 118 Å². The minimum Gasteiger partial charge on any atom is -0.478 e. The van der Waals surface area contributed by atoms with Crippen molar-refractivity contribution in [3.8, 4) is 0 Å². The van der Waals surface area contributed by atoms with E-state index < -0.39 is 30.9 Å². The van der Waals surface area contributed by atoms with Crippen LogP contribution in [0.25, 0.3) is 6.08 Å². The van der Waals surface area contributed by atoms with Crippen LogP contribution in [0.15, 0.2) is 17.5 Å². The molecule has 0 radical (unpaired) electrons. The highest BCUT2D eigenvalue weighted by atomic mass is 32.3. The highest BCUT2D eigenvalue weighted by Crippen LogP contribution is 2.18. The van der Waals surface area contributed by atoms with Crippen LogP contribution in [0.4, 0.5) is 0 Å². The van der Waals surface area contributed by atoms with Crippen molar-refractivity contribution < 1.29 is 26.7 Å². The second-order valence-corrected chi connectivity index (χ2v) is 9.26. The van der Waals surface area contributed by atoms with Gasteiger partial charge < -0.3 is 5.11 Å². The average Bonchev–Trinajstić information content (AvgIpc) is 2.67. The van der Waals surface area contributed by atoms with E-state index in [0.717, 1.165) is 12.3 Å². The third-order valence-corrected chi connectivity index (χ3v) is 6.48. The lowest BCUT2D eigenvalue weighted by Crippen LogP contribution is -2.29. The van der Waals surface area contributed by atoms with Gasteiger partial charge in [0.15, 0.2) is 14.9 Å². The first-order chi connectivity index (χ1) is 9.09. The monoisotopic (exact) mass is 339 g/mol. The molecule has 0 saturated heterocycles. The molecule has 10 heteroatoms. The molecule has 7 nitrogen and oxygen atoms in total. The van der Waals surface area contributed by atoms with Gasteiger partial charge in [0.25, 0.3) is 0 Å². The van der Waals surface area contributed by atoms with Gasteiger partial charge in [-0.1, -0.05) is 0 Å². The van der Waals surface area contributed by atoms with Gasteiger partial charge in [-0.3, -0.25) is 0 Å². The van der Waals surface area contributed by atoms with Gasteiger partial charge in [-0.2, -0.15) is 0 Å². The van der Waals surface area contributed by atoms with Crippen LogP contribution in [0, 0.1) is 0 Å². The maximum Gasteiger partial charge on any atom is 0.328 e. The van der Waals surface area contributed by atoms with E-state index in [-0.39, 0.29) is 6.54 Å². The smallest absolute Gasteiger partial charge is 0.328 e. The van der Waals surface area contributed by atoms with Gasteiger partial charge in [0, 0.05) is 23.8 Å². The van der Waals surface area contributed by atoms with Gasteiger partial charge in [-0.25, -0.2) is 26.4 Å². The van der Waals surface area contributed by atoms with E-state index in [1.165, 1.54) is 17.4 Å². The molecule has 0 unspecified atom stereocenters. The van der Waals surface area contributed by atoms with Gasteiger partial charge in [-0.05, 0) is 23.1 Å². The maximum absolute atomic E-state index is 11.5.